The van der Waals surface area contributed by atoms with E-state index in [1.807, 2.05) is 60.9 Å². The van der Waals surface area contributed by atoms with E-state index in [1.54, 1.807) is 30.3 Å². The Morgan fingerprint density at radius 3 is 2.29 bits per heavy atom. The first-order valence-electron chi connectivity index (χ1n) is 11.7. The molecule has 0 aliphatic carbocycles. The number of aromatic nitrogens is 1. The first-order chi connectivity index (χ1) is 18.2. The predicted octanol–water partition coefficient (Wildman–Crippen LogP) is 5.74. The molecule has 1 amide bonds. The van der Waals surface area contributed by atoms with Crippen LogP contribution >= 0.6 is 23.2 Å². The van der Waals surface area contributed by atoms with Crippen LogP contribution in [0.15, 0.2) is 94.9 Å². The number of nitrogens with zero attached hydrogens (tertiary/aromatic N) is 3. The summed E-state index contributed by atoms with van der Waals surface area (Å²) in [5, 5.41) is 5.14. The number of hydrogen-bond donors (Lipinski definition) is 1. The van der Waals surface area contributed by atoms with Crippen LogP contribution in [0.1, 0.15) is 22.5 Å². The fraction of sp³-hybridized carbons (Fsp3) is 0.143. The predicted molar refractivity (Wildman–Crippen MR) is 151 cm³/mol. The minimum absolute atomic E-state index is 0.0399. The van der Waals surface area contributed by atoms with Crippen LogP contribution in [0.4, 0.5) is 0 Å². The van der Waals surface area contributed by atoms with Gasteiger partial charge in [-0.1, -0.05) is 71.7 Å². The molecule has 4 aromatic rings. The third-order valence-corrected chi connectivity index (χ3v) is 8.26. The first-order valence-corrected chi connectivity index (χ1v) is 13.9. The van der Waals surface area contributed by atoms with Gasteiger partial charge in [0.05, 0.1) is 28.4 Å². The molecule has 196 valence electrons. The molecule has 0 atom stereocenters. The molecule has 10 heteroatoms. The molecule has 0 bridgehead atoms. The topological polar surface area (TPSA) is 83.8 Å². The normalized spacial score (nSPS) is 11.8. The van der Waals surface area contributed by atoms with Crippen molar-refractivity contribution in [2.75, 3.05) is 6.54 Å². The van der Waals surface area contributed by atoms with Crippen molar-refractivity contribution >= 4 is 45.3 Å². The van der Waals surface area contributed by atoms with Crippen LogP contribution in [0.2, 0.25) is 10.0 Å². The summed E-state index contributed by atoms with van der Waals surface area (Å²) in [4.78, 5) is 12.9. The smallest absolute Gasteiger partial charge is 0.255 e. The standard InChI is InChI=1S/C28H26Cl2N4O3S/c1-20-15-23(21(2)34(20)27-14-13-24(29)16-26(27)30)17-31-32-28(35)19-33(18-22-9-5-3-6-10-22)38(36,37)25-11-7-4-8-12-25/h3-17H,18-19H2,1-2H3,(H,32,35)/b31-17+. The number of benzene rings is 3. The zero-order chi connectivity index (χ0) is 27.3. The number of carbonyl (C=O) groups is 1. The van der Waals surface area contributed by atoms with E-state index in [2.05, 4.69) is 10.5 Å². The Labute approximate surface area is 232 Å². The van der Waals surface area contributed by atoms with Gasteiger partial charge in [-0.15, -0.1) is 0 Å². The third kappa shape index (κ3) is 6.34. The Bertz CT molecular complexity index is 1570. The Balaban J connectivity index is 1.51. The molecule has 7 nitrogen and oxygen atoms in total. The van der Waals surface area contributed by atoms with Crippen molar-refractivity contribution in [3.8, 4) is 5.69 Å². The van der Waals surface area contributed by atoms with Gasteiger partial charge in [-0.2, -0.15) is 9.41 Å². The molecule has 0 saturated heterocycles. The van der Waals surface area contributed by atoms with Gasteiger partial charge >= 0.3 is 0 Å². The molecule has 38 heavy (non-hydrogen) atoms. The summed E-state index contributed by atoms with van der Waals surface area (Å²) in [5.41, 5.74) is 6.55. The second-order valence-electron chi connectivity index (χ2n) is 8.62. The molecule has 1 N–H and O–H groups in total. The summed E-state index contributed by atoms with van der Waals surface area (Å²) in [5.74, 6) is -0.564. The highest BCUT2D eigenvalue weighted by Crippen LogP contribution is 2.28. The minimum atomic E-state index is -3.92. The van der Waals surface area contributed by atoms with Gasteiger partial charge in [-0.25, -0.2) is 13.8 Å². The van der Waals surface area contributed by atoms with Gasteiger partial charge in [0.1, 0.15) is 0 Å². The summed E-state index contributed by atoms with van der Waals surface area (Å²) in [7, 11) is -3.92. The van der Waals surface area contributed by atoms with E-state index < -0.39 is 22.5 Å². The van der Waals surface area contributed by atoms with Crippen molar-refractivity contribution in [1.82, 2.24) is 14.3 Å². The van der Waals surface area contributed by atoms with Gasteiger partial charge in [0.25, 0.3) is 5.91 Å². The number of carbonyl (C=O) groups excluding carboxylic acids is 1. The molecular formula is C28H26Cl2N4O3S. The van der Waals surface area contributed by atoms with E-state index in [0.29, 0.717) is 10.0 Å². The number of hydrazone groups is 1. The molecule has 3 aromatic carbocycles. The van der Waals surface area contributed by atoms with Crippen molar-refractivity contribution in [2.45, 2.75) is 25.3 Å². The lowest BCUT2D eigenvalue weighted by molar-refractivity contribution is -0.121. The second-order valence-corrected chi connectivity index (χ2v) is 11.4. The number of aryl methyl sites for hydroxylation is 1. The molecular weight excluding hydrogens is 543 g/mol. The number of rotatable bonds is 9. The molecule has 0 radical (unpaired) electrons. The average Bonchev–Trinajstić information content (AvgIpc) is 3.17. The van der Waals surface area contributed by atoms with Crippen molar-refractivity contribution in [2.24, 2.45) is 5.10 Å². The maximum Gasteiger partial charge on any atom is 0.255 e. The highest BCUT2D eigenvalue weighted by Gasteiger charge is 2.26. The molecule has 0 aliphatic heterocycles. The monoisotopic (exact) mass is 568 g/mol. The Hall–Kier alpha value is -3.43. The minimum Gasteiger partial charge on any atom is -0.316 e. The molecule has 0 unspecified atom stereocenters. The van der Waals surface area contributed by atoms with Crippen LogP contribution in [-0.4, -0.2) is 36.0 Å². The lowest BCUT2D eigenvalue weighted by Gasteiger charge is -2.21. The highest BCUT2D eigenvalue weighted by molar-refractivity contribution is 7.89. The van der Waals surface area contributed by atoms with E-state index in [-0.39, 0.29) is 11.4 Å². The quantitative estimate of drug-likeness (QED) is 0.206. The van der Waals surface area contributed by atoms with Crippen molar-refractivity contribution in [1.29, 1.82) is 0 Å². The van der Waals surface area contributed by atoms with Crippen LogP contribution in [0.5, 0.6) is 0 Å². The summed E-state index contributed by atoms with van der Waals surface area (Å²) in [6, 6.07) is 24.3. The van der Waals surface area contributed by atoms with E-state index in [1.165, 1.54) is 18.3 Å². The number of halogens is 2. The summed E-state index contributed by atoms with van der Waals surface area (Å²) in [6.45, 7) is 3.49. The summed E-state index contributed by atoms with van der Waals surface area (Å²) >= 11 is 12.4. The van der Waals surface area contributed by atoms with E-state index in [0.717, 1.165) is 32.5 Å². The molecule has 0 aliphatic rings. The van der Waals surface area contributed by atoms with Crippen molar-refractivity contribution in [3.05, 3.63) is 117 Å². The Morgan fingerprint density at radius 2 is 1.63 bits per heavy atom. The fourth-order valence-corrected chi connectivity index (χ4v) is 5.97. The van der Waals surface area contributed by atoms with E-state index in [4.69, 9.17) is 23.2 Å². The molecule has 1 heterocycles. The molecule has 0 fully saturated rings. The largest absolute Gasteiger partial charge is 0.316 e. The van der Waals surface area contributed by atoms with Crippen LogP contribution in [0, 0.1) is 13.8 Å². The fourth-order valence-electron chi connectivity index (χ4n) is 4.08. The first kappa shape index (κ1) is 27.6. The Kier molecular flexibility index (Phi) is 8.69. The van der Waals surface area contributed by atoms with Gasteiger partial charge in [0, 0.05) is 28.5 Å². The maximum absolute atomic E-state index is 13.3. The maximum atomic E-state index is 13.3. The third-order valence-electron chi connectivity index (χ3n) is 5.92. The molecule has 0 saturated carbocycles. The van der Waals surface area contributed by atoms with Crippen LogP contribution in [0.3, 0.4) is 0 Å². The van der Waals surface area contributed by atoms with Gasteiger partial charge in [0.15, 0.2) is 0 Å². The lowest BCUT2D eigenvalue weighted by atomic mass is 10.2. The van der Waals surface area contributed by atoms with Crippen molar-refractivity contribution < 1.29 is 13.2 Å². The van der Waals surface area contributed by atoms with Crippen LogP contribution in [0.25, 0.3) is 5.69 Å². The van der Waals surface area contributed by atoms with Gasteiger partial charge < -0.3 is 4.57 Å². The number of sulfonamides is 1. The second kappa shape index (κ2) is 12.0. The van der Waals surface area contributed by atoms with Gasteiger partial charge in [-0.3, -0.25) is 4.79 Å². The Morgan fingerprint density at radius 1 is 0.974 bits per heavy atom. The number of nitrogens with one attached hydrogen (secondary N) is 1. The van der Waals surface area contributed by atoms with E-state index in [9.17, 15) is 13.2 Å². The lowest BCUT2D eigenvalue weighted by Crippen LogP contribution is -2.39. The summed E-state index contributed by atoms with van der Waals surface area (Å²) in [6.07, 6.45) is 1.52. The molecule has 4 rings (SSSR count). The SMILES string of the molecule is Cc1cc(/C=N/NC(=O)CN(Cc2ccccc2)S(=O)(=O)c2ccccc2)c(C)n1-c1ccc(Cl)cc1Cl. The molecule has 1 aromatic heterocycles. The number of hydrogen-bond acceptors (Lipinski definition) is 4. The highest BCUT2D eigenvalue weighted by atomic mass is 35.5. The van der Waals surface area contributed by atoms with Crippen LogP contribution in [-0.2, 0) is 21.4 Å². The average molecular weight is 570 g/mol. The van der Waals surface area contributed by atoms with Crippen LogP contribution < -0.4 is 5.43 Å². The summed E-state index contributed by atoms with van der Waals surface area (Å²) < 4.78 is 29.7. The van der Waals surface area contributed by atoms with Gasteiger partial charge in [0.2, 0.25) is 10.0 Å². The van der Waals surface area contributed by atoms with E-state index >= 15 is 0 Å². The number of amides is 1. The molecule has 0 spiro atoms. The zero-order valence-electron chi connectivity index (χ0n) is 20.8. The van der Waals surface area contributed by atoms with Gasteiger partial charge in [-0.05, 0) is 55.8 Å². The zero-order valence-corrected chi connectivity index (χ0v) is 23.1. The van der Waals surface area contributed by atoms with Crippen molar-refractivity contribution in [3.63, 3.8) is 0 Å².